The molecule has 1 aromatic rings. The molecular weight excluding hydrogens is 256 g/mol. The third-order valence-electron chi connectivity index (χ3n) is 4.38. The van der Waals surface area contributed by atoms with Crippen molar-refractivity contribution >= 4 is 11.6 Å². The molecule has 0 saturated carbocycles. The molecule has 1 fully saturated rings. The summed E-state index contributed by atoms with van der Waals surface area (Å²) in [7, 11) is 2.21. The molecule has 0 aliphatic carbocycles. The van der Waals surface area contributed by atoms with E-state index in [0.29, 0.717) is 11.5 Å². The van der Waals surface area contributed by atoms with Gasteiger partial charge in [-0.3, -0.25) is 0 Å². The van der Waals surface area contributed by atoms with E-state index in [1.807, 2.05) is 12.1 Å². The molecule has 0 bridgehead atoms. The molecule has 0 aromatic heterocycles. The van der Waals surface area contributed by atoms with Crippen molar-refractivity contribution in [1.82, 2.24) is 10.2 Å². The van der Waals surface area contributed by atoms with Crippen LogP contribution in [-0.2, 0) is 0 Å². The Kier molecular flexibility index (Phi) is 4.88. The lowest BCUT2D eigenvalue weighted by Crippen LogP contribution is -2.42. The van der Waals surface area contributed by atoms with Gasteiger partial charge in [0, 0.05) is 17.6 Å². The van der Waals surface area contributed by atoms with Crippen LogP contribution in [0.25, 0.3) is 0 Å². The van der Waals surface area contributed by atoms with Gasteiger partial charge in [-0.1, -0.05) is 30.7 Å². The fourth-order valence-electron chi connectivity index (χ4n) is 2.63. The van der Waals surface area contributed by atoms with E-state index in [9.17, 15) is 0 Å². The van der Waals surface area contributed by atoms with Crippen LogP contribution in [0.5, 0.6) is 0 Å². The molecule has 1 saturated heterocycles. The number of rotatable bonds is 4. The topological polar surface area (TPSA) is 15.3 Å². The van der Waals surface area contributed by atoms with Crippen LogP contribution in [0.2, 0.25) is 5.02 Å². The molecule has 106 valence electrons. The second-order valence-corrected chi connectivity index (χ2v) is 6.71. The maximum atomic E-state index is 6.05. The van der Waals surface area contributed by atoms with E-state index in [0.717, 1.165) is 11.6 Å². The number of likely N-dealkylation sites (tertiary alicyclic amines) is 1. The summed E-state index contributed by atoms with van der Waals surface area (Å²) >= 11 is 6.05. The summed E-state index contributed by atoms with van der Waals surface area (Å²) in [6, 6.07) is 8.50. The Morgan fingerprint density at radius 3 is 2.68 bits per heavy atom. The zero-order valence-electron chi connectivity index (χ0n) is 12.2. The lowest BCUT2D eigenvalue weighted by Gasteiger charge is -2.38. The van der Waals surface area contributed by atoms with Gasteiger partial charge in [-0.05, 0) is 63.0 Å². The Morgan fingerprint density at radius 2 is 2.05 bits per heavy atom. The van der Waals surface area contributed by atoms with Gasteiger partial charge in [-0.2, -0.15) is 0 Å². The molecule has 2 rings (SSSR count). The first-order valence-electron chi connectivity index (χ1n) is 7.16. The van der Waals surface area contributed by atoms with Gasteiger partial charge in [0.1, 0.15) is 0 Å². The highest BCUT2D eigenvalue weighted by atomic mass is 35.5. The van der Waals surface area contributed by atoms with Gasteiger partial charge >= 0.3 is 0 Å². The summed E-state index contributed by atoms with van der Waals surface area (Å²) in [6.07, 6.45) is 2.55. The molecule has 1 heterocycles. The normalized spacial score (nSPS) is 21.3. The van der Waals surface area contributed by atoms with Crippen LogP contribution in [-0.4, -0.2) is 31.6 Å². The smallest absolute Gasteiger partial charge is 0.0409 e. The lowest BCUT2D eigenvalue weighted by atomic mass is 9.80. The Labute approximate surface area is 122 Å². The van der Waals surface area contributed by atoms with Crippen molar-refractivity contribution in [3.05, 3.63) is 34.9 Å². The number of benzene rings is 1. The summed E-state index contributed by atoms with van der Waals surface area (Å²) in [4.78, 5) is 2.42. The molecule has 3 heteroatoms. The van der Waals surface area contributed by atoms with Crippen LogP contribution >= 0.6 is 11.6 Å². The third kappa shape index (κ3) is 4.20. The number of nitrogens with one attached hydrogen (secondary N) is 1. The van der Waals surface area contributed by atoms with Crippen molar-refractivity contribution in [3.8, 4) is 0 Å². The highest BCUT2D eigenvalue weighted by molar-refractivity contribution is 6.30. The van der Waals surface area contributed by atoms with Gasteiger partial charge in [0.05, 0.1) is 0 Å². The molecule has 1 aromatic carbocycles. The molecule has 0 spiro atoms. The molecule has 1 N–H and O–H groups in total. The zero-order valence-corrected chi connectivity index (χ0v) is 13.0. The number of halogens is 1. The van der Waals surface area contributed by atoms with Gasteiger partial charge in [-0.25, -0.2) is 0 Å². The van der Waals surface area contributed by atoms with Crippen molar-refractivity contribution in [2.75, 3.05) is 26.7 Å². The number of hydrogen-bond acceptors (Lipinski definition) is 2. The van der Waals surface area contributed by atoms with Crippen LogP contribution in [0.15, 0.2) is 24.3 Å². The summed E-state index contributed by atoms with van der Waals surface area (Å²) in [5, 5.41) is 4.49. The highest BCUT2D eigenvalue weighted by Crippen LogP contribution is 2.30. The minimum atomic E-state index is 0.357. The first-order chi connectivity index (χ1) is 8.98. The Hall–Kier alpha value is -0.570. The van der Waals surface area contributed by atoms with Gasteiger partial charge in [-0.15, -0.1) is 0 Å². The predicted molar refractivity (Wildman–Crippen MR) is 82.7 cm³/mol. The van der Waals surface area contributed by atoms with E-state index in [2.05, 4.69) is 43.2 Å². The van der Waals surface area contributed by atoms with Gasteiger partial charge in [0.15, 0.2) is 0 Å². The van der Waals surface area contributed by atoms with Crippen molar-refractivity contribution < 1.29 is 0 Å². The van der Waals surface area contributed by atoms with Crippen molar-refractivity contribution in [2.45, 2.75) is 32.7 Å². The predicted octanol–water partition coefficient (Wildman–Crippen LogP) is 3.72. The average molecular weight is 281 g/mol. The van der Waals surface area contributed by atoms with E-state index >= 15 is 0 Å². The second kappa shape index (κ2) is 6.25. The van der Waals surface area contributed by atoms with E-state index in [1.165, 1.54) is 31.5 Å². The maximum absolute atomic E-state index is 6.05. The quantitative estimate of drug-likeness (QED) is 0.904. The number of piperidine rings is 1. The molecule has 19 heavy (non-hydrogen) atoms. The van der Waals surface area contributed by atoms with Crippen molar-refractivity contribution in [2.24, 2.45) is 5.41 Å². The Morgan fingerprint density at radius 1 is 1.37 bits per heavy atom. The van der Waals surface area contributed by atoms with Gasteiger partial charge < -0.3 is 10.2 Å². The molecule has 1 aliphatic heterocycles. The molecule has 1 aliphatic rings. The molecular formula is C16H25ClN2. The molecule has 0 radical (unpaired) electrons. The SMILES string of the molecule is CC(NCC1(C)CCN(C)CC1)c1cccc(Cl)c1. The maximum Gasteiger partial charge on any atom is 0.0409 e. The lowest BCUT2D eigenvalue weighted by molar-refractivity contribution is 0.134. The van der Waals surface area contributed by atoms with Crippen LogP contribution in [0, 0.1) is 5.41 Å². The van der Waals surface area contributed by atoms with Crippen LogP contribution in [0.4, 0.5) is 0 Å². The molecule has 0 amide bonds. The monoisotopic (exact) mass is 280 g/mol. The molecule has 2 nitrogen and oxygen atoms in total. The summed E-state index contributed by atoms with van der Waals surface area (Å²) in [6.45, 7) is 8.11. The first-order valence-corrected chi connectivity index (χ1v) is 7.54. The fraction of sp³-hybridized carbons (Fsp3) is 0.625. The summed E-state index contributed by atoms with van der Waals surface area (Å²) < 4.78 is 0. The third-order valence-corrected chi connectivity index (χ3v) is 4.61. The average Bonchev–Trinajstić information content (AvgIpc) is 2.40. The van der Waals surface area contributed by atoms with E-state index in [1.54, 1.807) is 0 Å². The minimum Gasteiger partial charge on any atom is -0.310 e. The van der Waals surface area contributed by atoms with Crippen molar-refractivity contribution in [1.29, 1.82) is 0 Å². The van der Waals surface area contributed by atoms with Crippen molar-refractivity contribution in [3.63, 3.8) is 0 Å². The highest BCUT2D eigenvalue weighted by Gasteiger charge is 2.28. The van der Waals surface area contributed by atoms with Gasteiger partial charge in [0.2, 0.25) is 0 Å². The standard InChI is InChI=1S/C16H25ClN2/c1-13(14-5-4-6-15(17)11-14)18-12-16(2)7-9-19(3)10-8-16/h4-6,11,13,18H,7-10,12H2,1-3H3. The largest absolute Gasteiger partial charge is 0.310 e. The number of nitrogens with zero attached hydrogens (tertiary/aromatic N) is 1. The minimum absolute atomic E-state index is 0.357. The second-order valence-electron chi connectivity index (χ2n) is 6.27. The summed E-state index contributed by atoms with van der Waals surface area (Å²) in [5.74, 6) is 0. The number of hydrogen-bond donors (Lipinski definition) is 1. The van der Waals surface area contributed by atoms with E-state index in [4.69, 9.17) is 11.6 Å². The van der Waals surface area contributed by atoms with Crippen LogP contribution in [0.3, 0.4) is 0 Å². The zero-order chi connectivity index (χ0) is 13.9. The van der Waals surface area contributed by atoms with E-state index in [-0.39, 0.29) is 0 Å². The van der Waals surface area contributed by atoms with Crippen LogP contribution in [0.1, 0.15) is 38.3 Å². The van der Waals surface area contributed by atoms with Gasteiger partial charge in [0.25, 0.3) is 0 Å². The van der Waals surface area contributed by atoms with Crippen LogP contribution < -0.4 is 5.32 Å². The first kappa shape index (κ1) is 14.8. The Bertz CT molecular complexity index is 411. The molecule has 1 unspecified atom stereocenters. The summed E-state index contributed by atoms with van der Waals surface area (Å²) in [5.41, 5.74) is 1.70. The van der Waals surface area contributed by atoms with E-state index < -0.39 is 0 Å². The molecule has 1 atom stereocenters. The Balaban J connectivity index is 1.88. The fourth-order valence-corrected chi connectivity index (χ4v) is 2.83.